The second kappa shape index (κ2) is 9.31. The molecule has 6 heteroatoms. The minimum Gasteiger partial charge on any atom is -0.381 e. The van der Waals surface area contributed by atoms with Crippen LogP contribution in [0.1, 0.15) is 23.2 Å². The van der Waals surface area contributed by atoms with Crippen molar-refractivity contribution in [3.8, 4) is 0 Å². The van der Waals surface area contributed by atoms with Gasteiger partial charge in [-0.05, 0) is 37.1 Å². The molecule has 0 radical (unpaired) electrons. The molecule has 2 rings (SSSR count). The van der Waals surface area contributed by atoms with Crippen LogP contribution in [0.15, 0.2) is 49.6 Å². The van der Waals surface area contributed by atoms with Gasteiger partial charge in [0.05, 0.1) is 5.41 Å². The highest BCUT2D eigenvalue weighted by Gasteiger charge is 2.38. The molecule has 6 nitrogen and oxygen atoms in total. The molecule has 1 fully saturated rings. The van der Waals surface area contributed by atoms with Crippen molar-refractivity contribution in [1.29, 1.82) is 0 Å². The van der Waals surface area contributed by atoms with Crippen LogP contribution in [-0.2, 0) is 9.53 Å². The Bertz CT molecular complexity index is 639. The molecule has 1 aromatic carbocycles. The van der Waals surface area contributed by atoms with E-state index in [1.54, 1.807) is 41.3 Å². The predicted octanol–water partition coefficient (Wildman–Crippen LogP) is 2.19. The van der Waals surface area contributed by atoms with E-state index in [1.165, 1.54) is 0 Å². The summed E-state index contributed by atoms with van der Waals surface area (Å²) in [7, 11) is 0. The molecular weight excluding hydrogens is 330 g/mol. The van der Waals surface area contributed by atoms with E-state index < -0.39 is 5.41 Å². The second-order valence-electron chi connectivity index (χ2n) is 6.42. The van der Waals surface area contributed by atoms with Crippen molar-refractivity contribution in [2.45, 2.75) is 12.8 Å². The fourth-order valence-corrected chi connectivity index (χ4v) is 2.98. The van der Waals surface area contributed by atoms with E-state index in [-0.39, 0.29) is 18.4 Å². The van der Waals surface area contributed by atoms with E-state index in [0.29, 0.717) is 50.4 Å². The summed E-state index contributed by atoms with van der Waals surface area (Å²) >= 11 is 0. The van der Waals surface area contributed by atoms with Crippen LogP contribution in [0.25, 0.3) is 0 Å². The minimum absolute atomic E-state index is 0.0951. The summed E-state index contributed by atoms with van der Waals surface area (Å²) in [6, 6.07) is 6.87. The van der Waals surface area contributed by atoms with Crippen molar-refractivity contribution in [2.24, 2.45) is 11.1 Å². The third-order valence-electron chi connectivity index (χ3n) is 4.70. The summed E-state index contributed by atoms with van der Waals surface area (Å²) in [5.41, 5.74) is 6.47. The molecule has 2 amide bonds. The van der Waals surface area contributed by atoms with E-state index in [9.17, 15) is 9.59 Å². The quantitative estimate of drug-likeness (QED) is 0.699. The highest BCUT2D eigenvalue weighted by molar-refractivity contribution is 5.97. The van der Waals surface area contributed by atoms with Gasteiger partial charge in [-0.1, -0.05) is 12.2 Å². The van der Waals surface area contributed by atoms with Crippen molar-refractivity contribution in [1.82, 2.24) is 4.90 Å². The first-order valence-electron chi connectivity index (χ1n) is 8.76. The van der Waals surface area contributed by atoms with E-state index in [0.717, 1.165) is 0 Å². The number of hydrogen-bond acceptors (Lipinski definition) is 4. The van der Waals surface area contributed by atoms with Crippen molar-refractivity contribution in [3.63, 3.8) is 0 Å². The average Bonchev–Trinajstić information content (AvgIpc) is 2.68. The fourth-order valence-electron chi connectivity index (χ4n) is 2.98. The Balaban J connectivity index is 2.06. The summed E-state index contributed by atoms with van der Waals surface area (Å²) < 4.78 is 5.34. The molecule has 3 N–H and O–H groups in total. The Morgan fingerprint density at radius 3 is 2.23 bits per heavy atom. The number of carbonyl (C=O) groups is 2. The SMILES string of the molecule is C=CCN(CC=C)C(=O)c1ccc(NC(=O)C2(CN)CCOCC2)cc1. The van der Waals surface area contributed by atoms with Crippen LogP contribution in [0.5, 0.6) is 0 Å². The Hall–Kier alpha value is -2.44. The predicted molar refractivity (Wildman–Crippen MR) is 103 cm³/mol. The zero-order chi connectivity index (χ0) is 19.0. The van der Waals surface area contributed by atoms with E-state index in [2.05, 4.69) is 18.5 Å². The molecule has 140 valence electrons. The standard InChI is InChI=1S/C20H27N3O3/c1-3-11-23(12-4-2)18(24)16-5-7-17(8-6-16)22-19(25)20(15-21)9-13-26-14-10-20/h3-8H,1-2,9-15,21H2,(H,22,25). The number of carbonyl (C=O) groups excluding carboxylic acids is 2. The fraction of sp³-hybridized carbons (Fsp3) is 0.400. The van der Waals surface area contributed by atoms with E-state index in [4.69, 9.17) is 10.5 Å². The Morgan fingerprint density at radius 2 is 1.73 bits per heavy atom. The lowest BCUT2D eigenvalue weighted by Gasteiger charge is -2.34. The summed E-state index contributed by atoms with van der Waals surface area (Å²) in [5, 5.41) is 2.92. The monoisotopic (exact) mass is 357 g/mol. The molecule has 1 aliphatic rings. The van der Waals surface area contributed by atoms with Crippen LogP contribution < -0.4 is 11.1 Å². The lowest BCUT2D eigenvalue weighted by molar-refractivity contribution is -0.130. The molecule has 1 aromatic rings. The topological polar surface area (TPSA) is 84.7 Å². The normalized spacial score (nSPS) is 15.7. The first-order chi connectivity index (χ1) is 12.6. The third-order valence-corrected chi connectivity index (χ3v) is 4.70. The van der Waals surface area contributed by atoms with Gasteiger partial charge in [0.15, 0.2) is 0 Å². The number of rotatable bonds is 8. The number of nitrogens with one attached hydrogen (secondary N) is 1. The molecule has 0 aliphatic carbocycles. The number of nitrogens with zero attached hydrogens (tertiary/aromatic N) is 1. The molecule has 1 aliphatic heterocycles. The van der Waals surface area contributed by atoms with Gasteiger partial charge in [-0.3, -0.25) is 9.59 Å². The molecule has 1 heterocycles. The largest absolute Gasteiger partial charge is 0.381 e. The van der Waals surface area contributed by atoms with Crippen LogP contribution in [0.2, 0.25) is 0 Å². The first-order valence-corrected chi connectivity index (χ1v) is 8.76. The Labute approximate surface area is 154 Å². The van der Waals surface area contributed by atoms with Crippen molar-refractivity contribution in [3.05, 3.63) is 55.1 Å². The zero-order valence-electron chi connectivity index (χ0n) is 15.1. The van der Waals surface area contributed by atoms with E-state index in [1.807, 2.05) is 0 Å². The lowest BCUT2D eigenvalue weighted by Crippen LogP contribution is -2.46. The molecule has 0 atom stereocenters. The molecule has 0 unspecified atom stereocenters. The maximum absolute atomic E-state index is 12.7. The number of amides is 2. The molecule has 0 saturated carbocycles. The van der Waals surface area contributed by atoms with Crippen LogP contribution in [0.3, 0.4) is 0 Å². The molecule has 1 saturated heterocycles. The van der Waals surface area contributed by atoms with Gasteiger partial charge >= 0.3 is 0 Å². The van der Waals surface area contributed by atoms with Gasteiger partial charge in [0.1, 0.15) is 0 Å². The summed E-state index contributed by atoms with van der Waals surface area (Å²) in [5.74, 6) is -0.201. The first kappa shape index (κ1) is 19.9. The van der Waals surface area contributed by atoms with Crippen molar-refractivity contribution >= 4 is 17.5 Å². The molecule has 26 heavy (non-hydrogen) atoms. The molecule has 0 aromatic heterocycles. The maximum Gasteiger partial charge on any atom is 0.254 e. The summed E-state index contributed by atoms with van der Waals surface area (Å²) in [6.45, 7) is 9.61. The van der Waals surface area contributed by atoms with Crippen molar-refractivity contribution < 1.29 is 14.3 Å². The van der Waals surface area contributed by atoms with Crippen molar-refractivity contribution in [2.75, 3.05) is 38.2 Å². The molecular formula is C20H27N3O3. The van der Waals surface area contributed by atoms with Gasteiger partial charge in [0.2, 0.25) is 5.91 Å². The number of ether oxygens (including phenoxy) is 1. The Kier molecular flexibility index (Phi) is 7.12. The van der Waals surface area contributed by atoms with Crippen LogP contribution in [0.4, 0.5) is 5.69 Å². The third kappa shape index (κ3) is 4.59. The molecule has 0 spiro atoms. The van der Waals surface area contributed by atoms with E-state index >= 15 is 0 Å². The zero-order valence-corrected chi connectivity index (χ0v) is 15.1. The number of nitrogens with two attached hydrogens (primary N) is 1. The maximum atomic E-state index is 12.7. The van der Waals surface area contributed by atoms with Gasteiger partial charge in [-0.15, -0.1) is 13.2 Å². The highest BCUT2D eigenvalue weighted by atomic mass is 16.5. The average molecular weight is 357 g/mol. The summed E-state index contributed by atoms with van der Waals surface area (Å²) in [6.07, 6.45) is 4.58. The van der Waals surface area contributed by atoms with Gasteiger partial charge in [0.25, 0.3) is 5.91 Å². The smallest absolute Gasteiger partial charge is 0.254 e. The number of hydrogen-bond donors (Lipinski definition) is 2. The molecule has 0 bridgehead atoms. The summed E-state index contributed by atoms with van der Waals surface area (Å²) in [4.78, 5) is 26.8. The highest BCUT2D eigenvalue weighted by Crippen LogP contribution is 2.31. The lowest BCUT2D eigenvalue weighted by atomic mass is 9.79. The van der Waals surface area contributed by atoms with Gasteiger partial charge in [0, 0.05) is 44.1 Å². The Morgan fingerprint density at radius 1 is 1.15 bits per heavy atom. The van der Waals surface area contributed by atoms with Gasteiger partial charge in [-0.2, -0.15) is 0 Å². The number of anilines is 1. The van der Waals surface area contributed by atoms with Crippen LogP contribution in [-0.4, -0.2) is 49.6 Å². The van der Waals surface area contributed by atoms with Crippen LogP contribution in [0, 0.1) is 5.41 Å². The minimum atomic E-state index is -0.586. The van der Waals surface area contributed by atoms with Crippen LogP contribution >= 0.6 is 0 Å². The van der Waals surface area contributed by atoms with Gasteiger partial charge < -0.3 is 20.7 Å². The second-order valence-corrected chi connectivity index (χ2v) is 6.42. The van der Waals surface area contributed by atoms with Gasteiger partial charge in [-0.25, -0.2) is 0 Å². The number of benzene rings is 1.